The number of carbonyl (C=O) groups excluding carboxylic acids is 1. The maximum atomic E-state index is 10.5. The smallest absolute Gasteiger partial charge is 0.0408 e. The van der Waals surface area contributed by atoms with Gasteiger partial charge in [0.15, 0.2) is 0 Å². The van der Waals surface area contributed by atoms with Crippen molar-refractivity contribution >= 4 is 55.1 Å². The van der Waals surface area contributed by atoms with E-state index in [1.807, 2.05) is 91.0 Å². The summed E-state index contributed by atoms with van der Waals surface area (Å²) in [4.78, 5) is 10.5. The second-order valence-electron chi connectivity index (χ2n) is 9.48. The molecule has 2 radical (unpaired) electrons. The maximum absolute atomic E-state index is 10.5. The fraction of sp³-hybridized carbons (Fsp3) is 0. The van der Waals surface area contributed by atoms with Gasteiger partial charge in [-0.05, 0) is 24.3 Å². The monoisotopic (exact) mass is 1020 g/mol. The van der Waals surface area contributed by atoms with E-state index >= 15 is 0 Å². The Bertz CT molecular complexity index is 1370. The molecule has 1 nitrogen and oxygen atoms in total. The van der Waals surface area contributed by atoms with Crippen LogP contribution in [0.2, 0.25) is 0 Å². The zero-order valence-electron chi connectivity index (χ0n) is 23.3. The zero-order valence-corrected chi connectivity index (χ0v) is 31.0. The molecular weight excluding hydrogens is 984 g/mol. The minimum atomic E-state index is -2.62. The third-order valence-corrected chi connectivity index (χ3v) is 14.3. The van der Waals surface area contributed by atoms with Crippen molar-refractivity contribution in [1.29, 1.82) is 0 Å². The number of ketones is 1. The number of Topliss-reactive ketones (excluding diaryl/α,β-unsaturated/α-hetero) is 1. The molecule has 0 saturated carbocycles. The molecule has 0 spiro atoms. The Morgan fingerprint density at radius 2 is 0.786 bits per heavy atom. The summed E-state index contributed by atoms with van der Waals surface area (Å²) in [5.41, 5.74) is 0.664. The largest absolute Gasteiger partial charge is 0.199 e. The van der Waals surface area contributed by atoms with Crippen LogP contribution in [0.15, 0.2) is 152 Å². The summed E-state index contributed by atoms with van der Waals surface area (Å²) in [6, 6.07) is 50.1. The van der Waals surface area contributed by atoms with Crippen molar-refractivity contribution in [3.05, 3.63) is 191 Å². The fourth-order valence-electron chi connectivity index (χ4n) is 3.89. The average Bonchev–Trinajstić information content (AvgIpc) is 3.00. The minimum absolute atomic E-state index is 0. The van der Waals surface area contributed by atoms with E-state index < -0.39 is 12.6 Å². The summed E-state index contributed by atoms with van der Waals surface area (Å²) in [7, 11) is -1.65. The molecule has 0 aromatic heterocycles. The van der Waals surface area contributed by atoms with Gasteiger partial charge in [-0.25, -0.2) is 0 Å². The first-order valence-electron chi connectivity index (χ1n) is 12.7. The van der Waals surface area contributed by atoms with Gasteiger partial charge in [-0.1, -0.05) is 54.6 Å². The van der Waals surface area contributed by atoms with Crippen molar-refractivity contribution in [3.8, 4) is 0 Å². The summed E-state index contributed by atoms with van der Waals surface area (Å²) in [5.74, 6) is -0.129. The van der Waals surface area contributed by atoms with Crippen molar-refractivity contribution in [2.75, 3.05) is 0 Å². The van der Waals surface area contributed by atoms with Crippen LogP contribution in [0.25, 0.3) is 0 Å². The Balaban J connectivity index is 0.000000319. The number of hydrogen-bond acceptors (Lipinski definition) is 1. The molecule has 0 atom stereocenters. The Hall–Kier alpha value is -1.54. The summed E-state index contributed by atoms with van der Waals surface area (Å²) in [6.07, 6.45) is 0. The molecule has 0 bridgehead atoms. The maximum Gasteiger partial charge on any atom is 0.0408 e. The molecule has 5 rings (SSSR count). The predicted molar refractivity (Wildman–Crippen MR) is 185 cm³/mol. The van der Waals surface area contributed by atoms with Crippen LogP contribution in [0.3, 0.4) is 0 Å². The van der Waals surface area contributed by atoms with Gasteiger partial charge in [0.1, 0.15) is 0 Å². The van der Waals surface area contributed by atoms with Gasteiger partial charge in [-0.3, -0.25) is 0 Å². The summed E-state index contributed by atoms with van der Waals surface area (Å²) in [6.45, 7) is 20.6. The van der Waals surface area contributed by atoms with Crippen LogP contribution < -0.4 is 21.2 Å². The second-order valence-corrected chi connectivity index (χ2v) is 21.4. The molecule has 0 unspecified atom stereocenters. The Kier molecular flexibility index (Phi) is 16.2. The van der Waals surface area contributed by atoms with Crippen molar-refractivity contribution < 1.29 is 49.6 Å². The molecule has 0 saturated heterocycles. The summed E-state index contributed by atoms with van der Waals surface area (Å²) < 4.78 is 0. The first-order chi connectivity index (χ1) is 19.0. The van der Waals surface area contributed by atoms with Crippen LogP contribution in [-0.4, -0.2) is 5.78 Å². The van der Waals surface area contributed by atoms with Crippen molar-refractivity contribution in [2.45, 2.75) is 0 Å². The Labute approximate surface area is 293 Å². The fourth-order valence-corrected chi connectivity index (χ4v) is 9.10. The van der Waals surface area contributed by atoms with Gasteiger partial charge in [-0.2, -0.15) is 27.5 Å². The van der Waals surface area contributed by atoms with E-state index in [1.54, 1.807) is 12.1 Å². The van der Waals surface area contributed by atoms with E-state index in [9.17, 15) is 4.79 Å². The van der Waals surface area contributed by atoms with Crippen LogP contribution in [0.1, 0.15) is 10.4 Å². The predicted octanol–water partition coefficient (Wildman–Crippen LogP) is 9.02. The standard InChI is InChI=1S/C14H14BrP.C14H14P.C8H7O.2Au/c1-16(2,15,13-9-5-3-6-10-13)14-11-7-4-8-12-14;1-15(2,13-9-5-3-6-10-13)14-11-7-4-8-12-14;1-7(9)8-5-3-2-4-6-8;;/h3-12H,1-2H2;3-12H,1-2H2;2-6H,1H2;;/q-2;2*-1;;. The van der Waals surface area contributed by atoms with E-state index in [1.165, 1.54) is 21.2 Å². The van der Waals surface area contributed by atoms with Gasteiger partial charge < -0.3 is 4.79 Å². The van der Waals surface area contributed by atoms with Crippen LogP contribution >= 0.6 is 28.1 Å². The molecule has 0 fully saturated rings. The van der Waals surface area contributed by atoms with Gasteiger partial charge in [0.2, 0.25) is 0 Å². The van der Waals surface area contributed by atoms with Crippen LogP contribution in [0, 0.1) is 33.6 Å². The minimum Gasteiger partial charge on any atom is -0.199 e. The molecule has 6 heteroatoms. The topological polar surface area (TPSA) is 17.1 Å². The number of halogens is 1. The molecule has 228 valence electrons. The molecule has 5 aromatic carbocycles. The van der Waals surface area contributed by atoms with Gasteiger partial charge in [0.05, 0.1) is 0 Å². The van der Waals surface area contributed by atoms with Gasteiger partial charge >= 0.3 is 105 Å². The summed E-state index contributed by atoms with van der Waals surface area (Å²) >= 11 is 3.81. The quantitative estimate of drug-likeness (QED) is 0.0745. The normalized spacial score (nSPS) is 11.3. The van der Waals surface area contributed by atoms with E-state index in [4.69, 9.17) is 0 Å². The number of benzene rings is 5. The number of carbonyl (C=O) groups is 1. The number of rotatable bonds is 5. The second kappa shape index (κ2) is 17.7. The molecule has 0 N–H and O–H groups in total. The molecule has 5 aromatic rings. The molecule has 42 heavy (non-hydrogen) atoms. The molecule has 0 aliphatic rings. The summed E-state index contributed by atoms with van der Waals surface area (Å²) in [5, 5.41) is 2.21. The van der Waals surface area contributed by atoms with E-state index in [2.05, 4.69) is 97.6 Å². The molecular formula is C36H35Au2BrOP2-4. The van der Waals surface area contributed by atoms with Crippen LogP contribution in [-0.2, 0) is 44.8 Å². The van der Waals surface area contributed by atoms with Crippen molar-refractivity contribution in [2.24, 2.45) is 0 Å². The van der Waals surface area contributed by atoms with Gasteiger partial charge in [0.25, 0.3) is 0 Å². The van der Waals surface area contributed by atoms with Crippen LogP contribution in [0.4, 0.5) is 0 Å². The zero-order chi connectivity index (χ0) is 29.1. The SMILES string of the molecule is [Au].[Au].[CH2-]C(=O)c1ccccc1.[CH2-]P([CH2-])(Br)(c1ccccc1)c1ccccc1.[CH2-][P+]([CH2-])(c1ccccc1)c1ccccc1. The van der Waals surface area contributed by atoms with Crippen LogP contribution in [0.5, 0.6) is 0 Å². The van der Waals surface area contributed by atoms with E-state index in [0.29, 0.717) is 5.56 Å². The molecule has 0 amide bonds. The molecule has 0 aliphatic heterocycles. The van der Waals surface area contributed by atoms with Gasteiger partial charge in [-0.15, -0.1) is 17.7 Å². The Morgan fingerprint density at radius 3 is 1.05 bits per heavy atom. The average molecular weight is 1020 g/mol. The van der Waals surface area contributed by atoms with Crippen molar-refractivity contribution in [1.82, 2.24) is 0 Å². The van der Waals surface area contributed by atoms with E-state index in [0.717, 1.165) is 0 Å². The van der Waals surface area contributed by atoms with Gasteiger partial charge in [0, 0.05) is 61.2 Å². The molecule has 0 aliphatic carbocycles. The van der Waals surface area contributed by atoms with Crippen molar-refractivity contribution in [3.63, 3.8) is 0 Å². The number of hydrogen-bond donors (Lipinski definition) is 0. The van der Waals surface area contributed by atoms with E-state index in [-0.39, 0.29) is 50.5 Å². The Morgan fingerprint density at radius 1 is 0.524 bits per heavy atom. The molecule has 0 heterocycles. The third-order valence-electron chi connectivity index (χ3n) is 6.29. The first-order valence-corrected chi connectivity index (χ1v) is 19.5. The third kappa shape index (κ3) is 10.9. The first kappa shape index (κ1) is 38.5.